The van der Waals surface area contributed by atoms with Gasteiger partial charge in [-0.25, -0.2) is 13.4 Å². The number of aromatic nitrogens is 1. The minimum atomic E-state index is -3.89. The van der Waals surface area contributed by atoms with Crippen molar-refractivity contribution >= 4 is 35.7 Å². The van der Waals surface area contributed by atoms with E-state index in [9.17, 15) is 12.8 Å². The first-order valence-corrected chi connectivity index (χ1v) is 5.77. The van der Waals surface area contributed by atoms with Crippen molar-refractivity contribution in [1.82, 2.24) is 4.98 Å². The number of hydrogen-bond acceptors (Lipinski definition) is 3. The van der Waals surface area contributed by atoms with Crippen LogP contribution in [-0.4, -0.2) is 13.4 Å². The molecule has 0 fully saturated rings. The third-order valence-electron chi connectivity index (χ3n) is 1.02. The van der Waals surface area contributed by atoms with Crippen LogP contribution in [-0.2, 0) is 9.05 Å². The van der Waals surface area contributed by atoms with Crippen LogP contribution in [0.25, 0.3) is 0 Å². The third-order valence-corrected chi connectivity index (χ3v) is 2.76. The summed E-state index contributed by atoms with van der Waals surface area (Å²) in [5.41, 5.74) is 0. The number of pyridine rings is 1. The lowest BCUT2D eigenvalue weighted by Crippen LogP contribution is -1.94. The van der Waals surface area contributed by atoms with Gasteiger partial charge in [-0.1, -0.05) is 0 Å². The molecule has 1 rings (SSSR count). The predicted molar refractivity (Wildman–Crippen MR) is 44.9 cm³/mol. The SMILES string of the molecule is O=S(=O)(Cl)c1cc(F)nc(Br)c1. The molecule has 0 saturated carbocycles. The second-order valence-electron chi connectivity index (χ2n) is 1.89. The lowest BCUT2D eigenvalue weighted by atomic mass is 10.5. The molecular formula is C5H2BrClFNO2S. The van der Waals surface area contributed by atoms with E-state index in [-0.39, 0.29) is 9.50 Å². The average molecular weight is 274 g/mol. The standard InChI is InChI=1S/C5H2BrClFNO2S/c6-4-1-3(12(7,10)11)2-5(8)9-4/h1-2H. The first kappa shape index (κ1) is 9.88. The van der Waals surface area contributed by atoms with Crippen molar-refractivity contribution in [2.45, 2.75) is 4.90 Å². The quantitative estimate of drug-likeness (QED) is 0.580. The zero-order valence-electron chi connectivity index (χ0n) is 5.46. The van der Waals surface area contributed by atoms with Gasteiger partial charge in [-0.2, -0.15) is 4.39 Å². The van der Waals surface area contributed by atoms with Crippen molar-refractivity contribution < 1.29 is 12.8 Å². The zero-order chi connectivity index (χ0) is 9.35. The van der Waals surface area contributed by atoms with Crippen LogP contribution in [0.3, 0.4) is 0 Å². The second kappa shape index (κ2) is 3.27. The monoisotopic (exact) mass is 273 g/mol. The number of hydrogen-bond donors (Lipinski definition) is 0. The Balaban J connectivity index is 3.37. The van der Waals surface area contributed by atoms with Crippen LogP contribution in [0.5, 0.6) is 0 Å². The van der Waals surface area contributed by atoms with Crippen LogP contribution in [0.4, 0.5) is 4.39 Å². The van der Waals surface area contributed by atoms with E-state index in [1.807, 2.05) is 0 Å². The van der Waals surface area contributed by atoms with Gasteiger partial charge < -0.3 is 0 Å². The molecule has 1 aromatic rings. The highest BCUT2D eigenvalue weighted by Crippen LogP contribution is 2.18. The predicted octanol–water partition coefficient (Wildman–Crippen LogP) is 1.91. The van der Waals surface area contributed by atoms with Crippen molar-refractivity contribution in [1.29, 1.82) is 0 Å². The van der Waals surface area contributed by atoms with Gasteiger partial charge in [0.2, 0.25) is 5.95 Å². The Kier molecular flexibility index (Phi) is 2.70. The van der Waals surface area contributed by atoms with E-state index in [0.29, 0.717) is 0 Å². The first-order chi connectivity index (χ1) is 5.39. The van der Waals surface area contributed by atoms with Crippen LogP contribution in [0, 0.1) is 5.95 Å². The van der Waals surface area contributed by atoms with E-state index in [4.69, 9.17) is 10.7 Å². The largest absolute Gasteiger partial charge is 0.261 e. The maximum Gasteiger partial charge on any atom is 0.261 e. The van der Waals surface area contributed by atoms with Gasteiger partial charge in [0.25, 0.3) is 9.05 Å². The summed E-state index contributed by atoms with van der Waals surface area (Å²) in [6.45, 7) is 0. The van der Waals surface area contributed by atoms with Crippen LogP contribution < -0.4 is 0 Å². The fourth-order valence-electron chi connectivity index (χ4n) is 0.584. The van der Waals surface area contributed by atoms with Crippen LogP contribution in [0.2, 0.25) is 0 Å². The third kappa shape index (κ3) is 2.40. The molecule has 0 aliphatic heterocycles. The van der Waals surface area contributed by atoms with Crippen molar-refractivity contribution in [3.63, 3.8) is 0 Å². The molecule has 7 heteroatoms. The molecule has 0 atom stereocenters. The molecule has 0 saturated heterocycles. The topological polar surface area (TPSA) is 47.0 Å². The van der Waals surface area contributed by atoms with Gasteiger partial charge in [-0.3, -0.25) is 0 Å². The van der Waals surface area contributed by atoms with E-state index in [1.165, 1.54) is 0 Å². The zero-order valence-corrected chi connectivity index (χ0v) is 8.62. The van der Waals surface area contributed by atoms with Gasteiger partial charge in [-0.05, 0) is 22.0 Å². The molecule has 0 bridgehead atoms. The molecule has 0 aliphatic rings. The second-order valence-corrected chi connectivity index (χ2v) is 5.26. The maximum absolute atomic E-state index is 12.5. The molecule has 1 heterocycles. The first-order valence-electron chi connectivity index (χ1n) is 2.67. The van der Waals surface area contributed by atoms with Crippen molar-refractivity contribution in [3.05, 3.63) is 22.7 Å². The summed E-state index contributed by atoms with van der Waals surface area (Å²) >= 11 is 2.83. The molecule has 0 radical (unpaired) electrons. The Bertz CT molecular complexity index is 388. The van der Waals surface area contributed by atoms with Crippen molar-refractivity contribution in [3.8, 4) is 0 Å². The summed E-state index contributed by atoms with van der Waals surface area (Å²) in [6, 6.07) is 1.86. The van der Waals surface area contributed by atoms with E-state index < -0.39 is 15.0 Å². The van der Waals surface area contributed by atoms with Crippen molar-refractivity contribution in [2.75, 3.05) is 0 Å². The summed E-state index contributed by atoms with van der Waals surface area (Å²) in [6.07, 6.45) is 0. The van der Waals surface area contributed by atoms with Gasteiger partial charge in [0, 0.05) is 16.7 Å². The van der Waals surface area contributed by atoms with Gasteiger partial charge in [-0.15, -0.1) is 0 Å². The Hall–Kier alpha value is -0.200. The number of nitrogens with zero attached hydrogens (tertiary/aromatic N) is 1. The summed E-state index contributed by atoms with van der Waals surface area (Å²) in [7, 11) is 1.07. The molecule has 0 unspecified atom stereocenters. The van der Waals surface area contributed by atoms with E-state index in [0.717, 1.165) is 12.1 Å². The maximum atomic E-state index is 12.5. The summed E-state index contributed by atoms with van der Waals surface area (Å²) in [4.78, 5) is 2.96. The molecule has 0 aromatic carbocycles. The Morgan fingerprint density at radius 2 is 2.08 bits per heavy atom. The molecule has 3 nitrogen and oxygen atoms in total. The van der Waals surface area contributed by atoms with E-state index in [1.54, 1.807) is 0 Å². The molecule has 0 aliphatic carbocycles. The number of halogens is 3. The fourth-order valence-corrected chi connectivity index (χ4v) is 1.91. The highest BCUT2D eigenvalue weighted by Gasteiger charge is 2.12. The Morgan fingerprint density at radius 3 is 2.50 bits per heavy atom. The van der Waals surface area contributed by atoms with Gasteiger partial charge in [0.1, 0.15) is 4.60 Å². The average Bonchev–Trinajstić information content (AvgIpc) is 1.82. The van der Waals surface area contributed by atoms with Gasteiger partial charge in [0.05, 0.1) is 4.90 Å². The molecule has 0 amide bonds. The summed E-state index contributed by atoms with van der Waals surface area (Å²) < 4.78 is 34.0. The van der Waals surface area contributed by atoms with Crippen LogP contribution in [0.1, 0.15) is 0 Å². The lowest BCUT2D eigenvalue weighted by molar-refractivity contribution is 0.571. The van der Waals surface area contributed by atoms with Crippen LogP contribution in [0.15, 0.2) is 21.6 Å². The minimum Gasteiger partial charge on any atom is -0.213 e. The van der Waals surface area contributed by atoms with E-state index >= 15 is 0 Å². The molecule has 0 spiro atoms. The highest BCUT2D eigenvalue weighted by atomic mass is 79.9. The minimum absolute atomic E-state index is 0.0849. The molecule has 0 N–H and O–H groups in total. The molecule has 66 valence electrons. The van der Waals surface area contributed by atoms with Crippen molar-refractivity contribution in [2.24, 2.45) is 0 Å². The van der Waals surface area contributed by atoms with Crippen LogP contribution >= 0.6 is 26.6 Å². The molecule has 1 aromatic heterocycles. The smallest absolute Gasteiger partial charge is 0.213 e. The molecular weight excluding hydrogens is 272 g/mol. The highest BCUT2D eigenvalue weighted by molar-refractivity contribution is 9.10. The normalized spacial score (nSPS) is 11.6. The lowest BCUT2D eigenvalue weighted by Gasteiger charge is -1.96. The van der Waals surface area contributed by atoms with Gasteiger partial charge >= 0.3 is 0 Å². The molecule has 12 heavy (non-hydrogen) atoms. The van der Waals surface area contributed by atoms with E-state index in [2.05, 4.69) is 20.9 Å². The summed E-state index contributed by atoms with van der Waals surface area (Å²) in [5, 5.41) is 0. The Morgan fingerprint density at radius 1 is 1.50 bits per heavy atom. The summed E-state index contributed by atoms with van der Waals surface area (Å²) in [5.74, 6) is -0.899. The number of rotatable bonds is 1. The fraction of sp³-hybridized carbons (Fsp3) is 0. The van der Waals surface area contributed by atoms with Gasteiger partial charge in [0.15, 0.2) is 0 Å². The Labute approximate surface area is 81.1 Å².